The molecule has 1 heterocycles. The molecule has 4 rings (SSSR count). The predicted octanol–water partition coefficient (Wildman–Crippen LogP) is 6.68. The summed E-state index contributed by atoms with van der Waals surface area (Å²) in [4.78, 5) is 12.5. The molecule has 158 valence electrons. The molecule has 0 spiro atoms. The quantitative estimate of drug-likeness (QED) is 0.326. The number of hydrogen-bond acceptors (Lipinski definition) is 2. The molecule has 0 unspecified atom stereocenters. The normalized spacial score (nSPS) is 14.5. The number of anilines is 1. The minimum atomic E-state index is -4.51. The standard InChI is InChI=1S/C23H14BrF4NO2/c24-16-5-7-21(31-12-13-2-1-3-17(25)8-13)14(9-16)10-19-18-6-4-15(23(26,27)28)11-20(18)29-22(19)30/h1-11H,12H2,(H,29,30)/b19-10-. The Balaban J connectivity index is 1.67. The molecule has 0 saturated carbocycles. The highest BCUT2D eigenvalue weighted by atomic mass is 79.9. The molecule has 31 heavy (non-hydrogen) atoms. The second kappa shape index (κ2) is 8.19. The largest absolute Gasteiger partial charge is 0.488 e. The molecular formula is C23H14BrF4NO2. The molecule has 3 aromatic carbocycles. The predicted molar refractivity (Wildman–Crippen MR) is 113 cm³/mol. The smallest absolute Gasteiger partial charge is 0.416 e. The highest BCUT2D eigenvalue weighted by Crippen LogP contribution is 2.39. The van der Waals surface area contributed by atoms with Crippen molar-refractivity contribution in [2.24, 2.45) is 0 Å². The number of halogens is 5. The lowest BCUT2D eigenvalue weighted by atomic mass is 10.0. The fraction of sp³-hybridized carbons (Fsp3) is 0.0870. The summed E-state index contributed by atoms with van der Waals surface area (Å²) in [7, 11) is 0. The van der Waals surface area contributed by atoms with Crippen LogP contribution in [0.5, 0.6) is 5.75 Å². The maximum Gasteiger partial charge on any atom is 0.416 e. The van der Waals surface area contributed by atoms with Gasteiger partial charge in [0.15, 0.2) is 0 Å². The Bertz CT molecular complexity index is 1200. The van der Waals surface area contributed by atoms with Crippen LogP contribution in [0, 0.1) is 5.82 Å². The van der Waals surface area contributed by atoms with Crippen LogP contribution in [0.2, 0.25) is 0 Å². The zero-order chi connectivity index (χ0) is 22.2. The average molecular weight is 492 g/mol. The third kappa shape index (κ3) is 4.64. The number of alkyl halides is 3. The Hall–Kier alpha value is -3.13. The Kier molecular flexibility index (Phi) is 5.58. The first-order valence-electron chi connectivity index (χ1n) is 9.12. The molecule has 1 aliphatic heterocycles. The average Bonchev–Trinajstić information content (AvgIpc) is 3.01. The molecule has 0 saturated heterocycles. The van der Waals surface area contributed by atoms with Crippen LogP contribution in [0.1, 0.15) is 22.3 Å². The molecule has 3 nitrogen and oxygen atoms in total. The van der Waals surface area contributed by atoms with Crippen LogP contribution in [0.15, 0.2) is 65.1 Å². The molecule has 0 bridgehead atoms. The van der Waals surface area contributed by atoms with Crippen molar-refractivity contribution in [2.45, 2.75) is 12.8 Å². The van der Waals surface area contributed by atoms with E-state index in [9.17, 15) is 22.4 Å². The van der Waals surface area contributed by atoms with Crippen LogP contribution in [0.4, 0.5) is 23.2 Å². The van der Waals surface area contributed by atoms with Gasteiger partial charge in [0.2, 0.25) is 0 Å². The van der Waals surface area contributed by atoms with E-state index in [1.54, 1.807) is 36.4 Å². The van der Waals surface area contributed by atoms with Gasteiger partial charge in [-0.25, -0.2) is 4.39 Å². The minimum absolute atomic E-state index is 0.100. The first-order valence-corrected chi connectivity index (χ1v) is 9.91. The van der Waals surface area contributed by atoms with Gasteiger partial charge in [0, 0.05) is 26.9 Å². The minimum Gasteiger partial charge on any atom is -0.488 e. The van der Waals surface area contributed by atoms with Gasteiger partial charge in [0.1, 0.15) is 18.2 Å². The lowest BCUT2D eigenvalue weighted by Gasteiger charge is -2.11. The molecule has 0 aromatic heterocycles. The highest BCUT2D eigenvalue weighted by molar-refractivity contribution is 9.10. The van der Waals surface area contributed by atoms with Gasteiger partial charge < -0.3 is 10.1 Å². The van der Waals surface area contributed by atoms with Crippen LogP contribution in [-0.4, -0.2) is 5.91 Å². The molecule has 0 aliphatic carbocycles. The van der Waals surface area contributed by atoms with Gasteiger partial charge in [-0.05, 0) is 54.1 Å². The molecule has 1 amide bonds. The maximum atomic E-state index is 13.4. The Labute approximate surface area is 183 Å². The Morgan fingerprint density at radius 2 is 1.84 bits per heavy atom. The van der Waals surface area contributed by atoms with Gasteiger partial charge in [-0.2, -0.15) is 13.2 Å². The number of rotatable bonds is 4. The number of carbonyl (C=O) groups is 1. The van der Waals surface area contributed by atoms with E-state index in [-0.39, 0.29) is 23.7 Å². The first kappa shape index (κ1) is 21.1. The van der Waals surface area contributed by atoms with Crippen molar-refractivity contribution in [2.75, 3.05) is 5.32 Å². The summed E-state index contributed by atoms with van der Waals surface area (Å²) in [6, 6.07) is 14.3. The summed E-state index contributed by atoms with van der Waals surface area (Å²) < 4.78 is 58.9. The van der Waals surface area contributed by atoms with Gasteiger partial charge >= 0.3 is 6.18 Å². The number of nitrogens with one attached hydrogen (secondary N) is 1. The van der Waals surface area contributed by atoms with Gasteiger partial charge in [0.25, 0.3) is 5.91 Å². The Morgan fingerprint density at radius 1 is 1.03 bits per heavy atom. The first-order chi connectivity index (χ1) is 14.7. The Morgan fingerprint density at radius 3 is 2.58 bits per heavy atom. The van der Waals surface area contributed by atoms with E-state index in [1.165, 1.54) is 18.2 Å². The van der Waals surface area contributed by atoms with Crippen molar-refractivity contribution in [3.63, 3.8) is 0 Å². The van der Waals surface area contributed by atoms with E-state index in [0.717, 1.165) is 16.6 Å². The third-order valence-electron chi connectivity index (χ3n) is 4.68. The molecule has 8 heteroatoms. The van der Waals surface area contributed by atoms with Crippen molar-refractivity contribution in [3.05, 3.63) is 93.2 Å². The van der Waals surface area contributed by atoms with Crippen molar-refractivity contribution in [1.29, 1.82) is 0 Å². The van der Waals surface area contributed by atoms with E-state index in [1.807, 2.05) is 0 Å². The third-order valence-corrected chi connectivity index (χ3v) is 5.18. The number of amides is 1. The molecular weight excluding hydrogens is 478 g/mol. The van der Waals surface area contributed by atoms with Crippen molar-refractivity contribution in [1.82, 2.24) is 0 Å². The summed E-state index contributed by atoms with van der Waals surface area (Å²) in [5, 5.41) is 2.48. The summed E-state index contributed by atoms with van der Waals surface area (Å²) in [5.74, 6) is -0.449. The fourth-order valence-corrected chi connectivity index (χ4v) is 3.60. The molecule has 0 radical (unpaired) electrons. The number of ether oxygens (including phenoxy) is 1. The van der Waals surface area contributed by atoms with E-state index in [0.29, 0.717) is 22.4 Å². The lowest BCUT2D eigenvalue weighted by Crippen LogP contribution is -2.06. The molecule has 1 N–H and O–H groups in total. The van der Waals surface area contributed by atoms with Gasteiger partial charge in [-0.1, -0.05) is 34.1 Å². The second-order valence-corrected chi connectivity index (χ2v) is 7.79. The van der Waals surface area contributed by atoms with E-state index in [4.69, 9.17) is 4.74 Å². The summed E-state index contributed by atoms with van der Waals surface area (Å²) in [6.07, 6.45) is -2.95. The van der Waals surface area contributed by atoms with Crippen LogP contribution < -0.4 is 10.1 Å². The van der Waals surface area contributed by atoms with Crippen molar-refractivity contribution < 1.29 is 27.1 Å². The van der Waals surface area contributed by atoms with Crippen LogP contribution in [-0.2, 0) is 17.6 Å². The zero-order valence-corrected chi connectivity index (χ0v) is 17.4. The van der Waals surface area contributed by atoms with Gasteiger partial charge in [0.05, 0.1) is 5.56 Å². The van der Waals surface area contributed by atoms with Crippen molar-refractivity contribution >= 4 is 39.2 Å². The fourth-order valence-electron chi connectivity index (χ4n) is 3.22. The number of fused-ring (bicyclic) bond motifs is 1. The summed E-state index contributed by atoms with van der Waals surface area (Å²) in [5.41, 5.74) is 1.03. The second-order valence-electron chi connectivity index (χ2n) is 6.87. The van der Waals surface area contributed by atoms with E-state index >= 15 is 0 Å². The molecule has 0 fully saturated rings. The summed E-state index contributed by atoms with van der Waals surface area (Å²) >= 11 is 3.37. The lowest BCUT2D eigenvalue weighted by molar-refractivity contribution is -0.137. The van der Waals surface area contributed by atoms with Crippen LogP contribution in [0.25, 0.3) is 11.6 Å². The number of benzene rings is 3. The molecule has 0 atom stereocenters. The molecule has 1 aliphatic rings. The van der Waals surface area contributed by atoms with Gasteiger partial charge in [-0.15, -0.1) is 0 Å². The van der Waals surface area contributed by atoms with E-state index < -0.39 is 17.6 Å². The monoisotopic (exact) mass is 491 g/mol. The van der Waals surface area contributed by atoms with Gasteiger partial charge in [-0.3, -0.25) is 4.79 Å². The number of hydrogen-bond donors (Lipinski definition) is 1. The maximum absolute atomic E-state index is 13.4. The van der Waals surface area contributed by atoms with Crippen LogP contribution in [0.3, 0.4) is 0 Å². The van der Waals surface area contributed by atoms with Crippen molar-refractivity contribution in [3.8, 4) is 5.75 Å². The SMILES string of the molecule is O=C1Nc2cc(C(F)(F)F)ccc2/C1=C/c1cc(Br)ccc1OCc1cccc(F)c1. The highest BCUT2D eigenvalue weighted by Gasteiger charge is 2.33. The number of carbonyl (C=O) groups excluding carboxylic acids is 1. The molecule has 3 aromatic rings. The van der Waals surface area contributed by atoms with Crippen LogP contribution >= 0.6 is 15.9 Å². The van der Waals surface area contributed by atoms with E-state index in [2.05, 4.69) is 21.2 Å². The topological polar surface area (TPSA) is 38.3 Å². The zero-order valence-electron chi connectivity index (χ0n) is 15.8. The summed E-state index contributed by atoms with van der Waals surface area (Å²) in [6.45, 7) is 0.104.